The molecule has 1 aliphatic rings. The van der Waals surface area contributed by atoms with E-state index in [-0.39, 0.29) is 18.1 Å². The smallest absolute Gasteiger partial charge is 0.412 e. The first-order chi connectivity index (χ1) is 12.7. The number of aryl methyl sites for hydroxylation is 1. The molecule has 0 atom stereocenters. The number of thiophene rings is 1. The summed E-state index contributed by atoms with van der Waals surface area (Å²) in [7, 11) is 0. The van der Waals surface area contributed by atoms with Gasteiger partial charge in [0.2, 0.25) is 5.95 Å². The molecule has 3 aromatic heterocycles. The van der Waals surface area contributed by atoms with Crippen LogP contribution in [0.4, 0.5) is 10.6 Å². The molecule has 0 saturated carbocycles. The molecule has 0 fully saturated rings. The Kier molecular flexibility index (Phi) is 4.29. The Morgan fingerprint density at radius 1 is 1.46 bits per heavy atom. The first-order valence-electron chi connectivity index (χ1n) is 8.36. The fraction of sp³-hybridized carbons (Fsp3) is 0.294. The van der Waals surface area contributed by atoms with Gasteiger partial charge >= 0.3 is 6.09 Å². The van der Waals surface area contributed by atoms with E-state index in [1.807, 2.05) is 17.5 Å². The number of aromatic nitrogens is 4. The monoisotopic (exact) mass is 371 g/mol. The number of nitrogens with zero attached hydrogens (tertiary/aromatic N) is 3. The Labute approximate surface area is 152 Å². The Morgan fingerprint density at radius 3 is 3.12 bits per heavy atom. The number of amides is 1. The van der Waals surface area contributed by atoms with Crippen molar-refractivity contribution < 1.29 is 9.53 Å². The minimum Gasteiger partial charge on any atom is -0.450 e. The fourth-order valence-electron chi connectivity index (χ4n) is 2.98. The van der Waals surface area contributed by atoms with Crippen LogP contribution in [0.1, 0.15) is 24.6 Å². The van der Waals surface area contributed by atoms with Crippen LogP contribution < -0.4 is 10.9 Å². The molecule has 0 unspecified atom stereocenters. The van der Waals surface area contributed by atoms with Gasteiger partial charge in [-0.25, -0.2) is 9.78 Å². The molecular formula is C17H17N5O3S. The van der Waals surface area contributed by atoms with E-state index in [9.17, 15) is 9.59 Å². The summed E-state index contributed by atoms with van der Waals surface area (Å²) in [6, 6.07) is 5.59. The largest absolute Gasteiger partial charge is 0.450 e. The van der Waals surface area contributed by atoms with Crippen LogP contribution >= 0.6 is 11.3 Å². The van der Waals surface area contributed by atoms with Crippen molar-refractivity contribution in [2.75, 3.05) is 11.9 Å². The van der Waals surface area contributed by atoms with Crippen molar-refractivity contribution in [1.82, 2.24) is 19.7 Å². The second kappa shape index (κ2) is 6.75. The Hall–Kier alpha value is -2.94. The summed E-state index contributed by atoms with van der Waals surface area (Å²) in [5, 5.41) is 9.13. The number of hydrogen-bond donors (Lipinski definition) is 2. The van der Waals surface area contributed by atoms with Crippen molar-refractivity contribution in [3.63, 3.8) is 0 Å². The molecule has 3 aromatic rings. The molecule has 0 aliphatic heterocycles. The summed E-state index contributed by atoms with van der Waals surface area (Å²) in [5.74, 6) is 0.665. The number of carbonyl (C=O) groups excluding carboxylic acids is 1. The number of aromatic amines is 1. The van der Waals surface area contributed by atoms with E-state index in [0.717, 1.165) is 35.4 Å². The number of nitrogens with one attached hydrogen (secondary N) is 2. The molecule has 26 heavy (non-hydrogen) atoms. The molecule has 2 N–H and O–H groups in total. The lowest BCUT2D eigenvalue weighted by Gasteiger charge is -2.09. The van der Waals surface area contributed by atoms with Crippen molar-refractivity contribution in [2.24, 2.45) is 0 Å². The highest BCUT2D eigenvalue weighted by Gasteiger charge is 2.21. The minimum atomic E-state index is -0.588. The van der Waals surface area contributed by atoms with Gasteiger partial charge in [-0.05, 0) is 37.6 Å². The lowest BCUT2D eigenvalue weighted by Crippen LogP contribution is -2.21. The lowest BCUT2D eigenvalue weighted by molar-refractivity contribution is 0.167. The molecule has 0 aromatic carbocycles. The molecule has 0 saturated heterocycles. The number of ether oxygens (including phenoxy) is 1. The number of H-pyrrole nitrogens is 1. The average molecular weight is 371 g/mol. The average Bonchev–Trinajstić information content (AvgIpc) is 3.35. The maximum absolute atomic E-state index is 12.3. The molecule has 1 amide bonds. The fourth-order valence-corrected chi connectivity index (χ4v) is 3.66. The summed E-state index contributed by atoms with van der Waals surface area (Å²) in [5.41, 5.74) is 2.05. The van der Waals surface area contributed by atoms with Crippen LogP contribution in [-0.2, 0) is 17.6 Å². The van der Waals surface area contributed by atoms with Gasteiger partial charge in [0.1, 0.15) is 11.5 Å². The van der Waals surface area contributed by atoms with E-state index in [0.29, 0.717) is 11.5 Å². The van der Waals surface area contributed by atoms with Crippen LogP contribution in [0.15, 0.2) is 28.4 Å². The van der Waals surface area contributed by atoms with Crippen LogP contribution in [0.5, 0.6) is 0 Å². The predicted molar refractivity (Wildman–Crippen MR) is 98.0 cm³/mol. The quantitative estimate of drug-likeness (QED) is 0.734. The van der Waals surface area contributed by atoms with Gasteiger partial charge in [0.15, 0.2) is 0 Å². The predicted octanol–water partition coefficient (Wildman–Crippen LogP) is 2.74. The van der Waals surface area contributed by atoms with Gasteiger partial charge in [0.25, 0.3) is 5.56 Å². The third kappa shape index (κ3) is 3.01. The third-order valence-electron chi connectivity index (χ3n) is 4.12. The Balaban J connectivity index is 1.80. The molecule has 9 heteroatoms. The summed E-state index contributed by atoms with van der Waals surface area (Å²) in [6.45, 7) is 1.99. The highest BCUT2D eigenvalue weighted by molar-refractivity contribution is 7.13. The summed E-state index contributed by atoms with van der Waals surface area (Å²) in [6.07, 6.45) is 1.84. The molecule has 0 spiro atoms. The topological polar surface area (TPSA) is 102 Å². The first-order valence-corrected chi connectivity index (χ1v) is 9.24. The molecule has 0 radical (unpaired) electrons. The van der Waals surface area contributed by atoms with Crippen molar-refractivity contribution in [1.29, 1.82) is 0 Å². The number of anilines is 1. The number of fused-ring (bicyclic) bond motifs is 1. The molecule has 4 rings (SSSR count). The van der Waals surface area contributed by atoms with Gasteiger partial charge in [0, 0.05) is 11.6 Å². The van der Waals surface area contributed by atoms with Gasteiger partial charge in [0.05, 0.1) is 17.2 Å². The van der Waals surface area contributed by atoms with Crippen molar-refractivity contribution in [3.05, 3.63) is 45.2 Å². The molecular weight excluding hydrogens is 354 g/mol. The zero-order valence-corrected chi connectivity index (χ0v) is 14.9. The number of hydrogen-bond acceptors (Lipinski definition) is 6. The first kappa shape index (κ1) is 16.5. The zero-order chi connectivity index (χ0) is 18.1. The SMILES string of the molecule is CCOC(=O)Nc1cc(-c2cccs2)nn1-c1nc2c(c(=O)[nH]1)CCC2. The van der Waals surface area contributed by atoms with E-state index in [2.05, 4.69) is 20.4 Å². The van der Waals surface area contributed by atoms with Crippen LogP contribution in [0, 0.1) is 0 Å². The highest BCUT2D eigenvalue weighted by Crippen LogP contribution is 2.27. The van der Waals surface area contributed by atoms with Crippen molar-refractivity contribution >= 4 is 23.2 Å². The summed E-state index contributed by atoms with van der Waals surface area (Å²) < 4.78 is 6.39. The molecule has 134 valence electrons. The second-order valence-corrected chi connectivity index (χ2v) is 6.77. The van der Waals surface area contributed by atoms with E-state index in [1.165, 1.54) is 16.0 Å². The molecule has 0 bridgehead atoms. The van der Waals surface area contributed by atoms with E-state index >= 15 is 0 Å². The van der Waals surface area contributed by atoms with E-state index < -0.39 is 6.09 Å². The van der Waals surface area contributed by atoms with E-state index in [4.69, 9.17) is 4.74 Å². The maximum Gasteiger partial charge on any atom is 0.412 e. The second-order valence-electron chi connectivity index (χ2n) is 5.82. The third-order valence-corrected chi connectivity index (χ3v) is 5.01. The molecule has 8 nitrogen and oxygen atoms in total. The van der Waals surface area contributed by atoms with Gasteiger partial charge < -0.3 is 4.74 Å². The van der Waals surface area contributed by atoms with Gasteiger partial charge in [-0.1, -0.05) is 6.07 Å². The number of rotatable bonds is 4. The summed E-state index contributed by atoms with van der Waals surface area (Å²) in [4.78, 5) is 32.5. The van der Waals surface area contributed by atoms with Crippen molar-refractivity contribution in [2.45, 2.75) is 26.2 Å². The van der Waals surface area contributed by atoms with Crippen LogP contribution in [-0.4, -0.2) is 32.4 Å². The van der Waals surface area contributed by atoms with Crippen molar-refractivity contribution in [3.8, 4) is 16.5 Å². The van der Waals surface area contributed by atoms with Crippen LogP contribution in [0.3, 0.4) is 0 Å². The zero-order valence-electron chi connectivity index (χ0n) is 14.1. The van der Waals surface area contributed by atoms with Gasteiger partial charge in [-0.3, -0.25) is 15.1 Å². The van der Waals surface area contributed by atoms with E-state index in [1.54, 1.807) is 13.0 Å². The normalized spacial score (nSPS) is 12.8. The lowest BCUT2D eigenvalue weighted by atomic mass is 10.3. The molecule has 1 aliphatic carbocycles. The van der Waals surface area contributed by atoms with Gasteiger partial charge in [-0.2, -0.15) is 9.78 Å². The summed E-state index contributed by atoms with van der Waals surface area (Å²) >= 11 is 1.53. The Morgan fingerprint density at radius 2 is 2.35 bits per heavy atom. The minimum absolute atomic E-state index is 0.155. The standard InChI is InChI=1S/C17H17N5O3S/c1-2-25-17(24)19-14-9-12(13-7-4-8-26-13)21-22(14)16-18-11-6-3-5-10(11)15(23)20-16/h4,7-9H,2-3,5-6H2,1H3,(H,19,24)(H,18,20,23). The highest BCUT2D eigenvalue weighted by atomic mass is 32.1. The molecule has 3 heterocycles. The van der Waals surface area contributed by atoms with Crippen LogP contribution in [0.2, 0.25) is 0 Å². The maximum atomic E-state index is 12.3. The van der Waals surface area contributed by atoms with Gasteiger partial charge in [-0.15, -0.1) is 11.3 Å². The Bertz CT molecular complexity index is 1010. The number of carbonyl (C=O) groups is 1. The van der Waals surface area contributed by atoms with Crippen LogP contribution in [0.25, 0.3) is 16.5 Å².